The minimum atomic E-state index is -3.18. The van der Waals surface area contributed by atoms with Crippen LogP contribution in [0.2, 0.25) is 0 Å². The van der Waals surface area contributed by atoms with Crippen molar-refractivity contribution in [1.29, 1.82) is 0 Å². The van der Waals surface area contributed by atoms with Crippen molar-refractivity contribution in [3.05, 3.63) is 41.0 Å². The minimum Gasteiger partial charge on any atom is -0.376 e. The van der Waals surface area contributed by atoms with Crippen molar-refractivity contribution in [2.24, 2.45) is 0 Å². The van der Waals surface area contributed by atoms with Crippen LogP contribution < -0.4 is 10.6 Å². The van der Waals surface area contributed by atoms with Crippen LogP contribution in [0, 0.1) is 0 Å². The number of benzene rings is 1. The highest BCUT2D eigenvalue weighted by Crippen LogP contribution is 2.27. The lowest BCUT2D eigenvalue weighted by Crippen LogP contribution is -2.37. The van der Waals surface area contributed by atoms with Crippen LogP contribution in [0.3, 0.4) is 0 Å². The Kier molecular flexibility index (Phi) is 7.13. The summed E-state index contributed by atoms with van der Waals surface area (Å²) in [7, 11) is -3.18. The van der Waals surface area contributed by atoms with Crippen molar-refractivity contribution < 1.29 is 13.2 Å². The first kappa shape index (κ1) is 20.9. The Balaban J connectivity index is 1.51. The van der Waals surface area contributed by atoms with Crippen molar-refractivity contribution in [2.45, 2.75) is 52.0 Å². The van der Waals surface area contributed by atoms with Gasteiger partial charge in [0.2, 0.25) is 15.9 Å². The van der Waals surface area contributed by atoms with E-state index in [1.165, 1.54) is 24.8 Å². The fraction of sp³-hybridized carbons (Fsp3) is 0.571. The molecule has 2 aliphatic rings. The Morgan fingerprint density at radius 1 is 1.21 bits per heavy atom. The molecule has 0 atom stereocenters. The van der Waals surface area contributed by atoms with E-state index >= 15 is 0 Å². The molecule has 0 unspecified atom stereocenters. The largest absolute Gasteiger partial charge is 0.376 e. The van der Waals surface area contributed by atoms with Crippen LogP contribution in [0.4, 0.5) is 5.69 Å². The van der Waals surface area contributed by atoms with Crippen LogP contribution in [0.25, 0.3) is 0 Å². The summed E-state index contributed by atoms with van der Waals surface area (Å²) < 4.78 is 25.8. The second-order valence-corrected chi connectivity index (χ2v) is 9.75. The molecule has 0 bridgehead atoms. The number of carbonyl (C=O) groups excluding carboxylic acids is 1. The fourth-order valence-corrected chi connectivity index (χ4v) is 4.97. The molecule has 1 aromatic carbocycles. The van der Waals surface area contributed by atoms with Gasteiger partial charge in [0.25, 0.3) is 0 Å². The number of fused-ring (bicyclic) bond motifs is 1. The molecule has 1 amide bonds. The summed E-state index contributed by atoms with van der Waals surface area (Å²) in [4.78, 5) is 12.2. The molecule has 1 heterocycles. The van der Waals surface area contributed by atoms with E-state index in [1.54, 1.807) is 11.2 Å². The van der Waals surface area contributed by atoms with Gasteiger partial charge in [-0.2, -0.15) is 4.31 Å². The number of hydrogen-bond acceptors (Lipinski definition) is 4. The number of rotatable bonds is 8. The van der Waals surface area contributed by atoms with Gasteiger partial charge in [0.15, 0.2) is 0 Å². The summed E-state index contributed by atoms with van der Waals surface area (Å²) >= 11 is 0. The van der Waals surface area contributed by atoms with Gasteiger partial charge in [0, 0.05) is 25.3 Å². The van der Waals surface area contributed by atoms with Crippen molar-refractivity contribution in [3.63, 3.8) is 0 Å². The van der Waals surface area contributed by atoms with Crippen molar-refractivity contribution in [2.75, 3.05) is 30.7 Å². The Hall–Kier alpha value is -1.86. The SMILES string of the molecule is CCS(=O)(=O)N1CCc2c(cccc2NCC(=O)NCCC2=CCCCC2)C1. The molecule has 0 saturated heterocycles. The van der Waals surface area contributed by atoms with E-state index in [-0.39, 0.29) is 18.2 Å². The number of anilines is 1. The van der Waals surface area contributed by atoms with Crippen molar-refractivity contribution in [1.82, 2.24) is 9.62 Å². The molecular weight excluding hydrogens is 374 g/mol. The average molecular weight is 406 g/mol. The number of allylic oxidation sites excluding steroid dienone is 1. The molecule has 1 aliphatic heterocycles. The smallest absolute Gasteiger partial charge is 0.239 e. The first-order valence-corrected chi connectivity index (χ1v) is 11.9. The zero-order chi connectivity index (χ0) is 20.0. The van der Waals surface area contributed by atoms with Crippen LogP contribution in [-0.2, 0) is 27.8 Å². The highest BCUT2D eigenvalue weighted by atomic mass is 32.2. The molecule has 2 N–H and O–H groups in total. The molecular formula is C21H31N3O3S. The molecule has 154 valence electrons. The topological polar surface area (TPSA) is 78.5 Å². The molecule has 7 heteroatoms. The molecule has 0 aromatic heterocycles. The first-order chi connectivity index (χ1) is 13.5. The summed E-state index contributed by atoms with van der Waals surface area (Å²) in [6.07, 6.45) is 8.78. The quantitative estimate of drug-likeness (QED) is 0.652. The zero-order valence-electron chi connectivity index (χ0n) is 16.7. The maximum absolute atomic E-state index is 12.2. The van der Waals surface area contributed by atoms with Gasteiger partial charge in [0.1, 0.15) is 0 Å². The lowest BCUT2D eigenvalue weighted by atomic mass is 9.97. The van der Waals surface area contributed by atoms with E-state index in [9.17, 15) is 13.2 Å². The fourth-order valence-electron chi connectivity index (χ4n) is 3.90. The van der Waals surface area contributed by atoms with Gasteiger partial charge in [-0.05, 0) is 62.6 Å². The van der Waals surface area contributed by atoms with E-state index in [1.807, 2.05) is 18.2 Å². The van der Waals surface area contributed by atoms with Crippen molar-refractivity contribution >= 4 is 21.6 Å². The highest BCUT2D eigenvalue weighted by molar-refractivity contribution is 7.89. The van der Waals surface area contributed by atoms with Crippen LogP contribution in [0.1, 0.15) is 50.2 Å². The predicted molar refractivity (Wildman–Crippen MR) is 113 cm³/mol. The Bertz CT molecular complexity index is 833. The van der Waals surface area contributed by atoms with Crippen LogP contribution in [-0.4, -0.2) is 44.0 Å². The zero-order valence-corrected chi connectivity index (χ0v) is 17.5. The van der Waals surface area contributed by atoms with Gasteiger partial charge in [-0.3, -0.25) is 4.79 Å². The van der Waals surface area contributed by atoms with Gasteiger partial charge in [-0.1, -0.05) is 23.8 Å². The predicted octanol–water partition coefficient (Wildman–Crippen LogP) is 2.81. The number of amides is 1. The van der Waals surface area contributed by atoms with E-state index in [0.29, 0.717) is 26.1 Å². The van der Waals surface area contributed by atoms with E-state index in [2.05, 4.69) is 16.7 Å². The van der Waals surface area contributed by atoms with Crippen LogP contribution >= 0.6 is 0 Å². The van der Waals surface area contributed by atoms with Gasteiger partial charge < -0.3 is 10.6 Å². The maximum Gasteiger partial charge on any atom is 0.239 e. The third kappa shape index (κ3) is 5.35. The number of sulfonamides is 1. The van der Waals surface area contributed by atoms with Gasteiger partial charge in [-0.15, -0.1) is 0 Å². The number of nitrogens with one attached hydrogen (secondary N) is 2. The van der Waals surface area contributed by atoms with E-state index < -0.39 is 10.0 Å². The standard InChI is InChI=1S/C21H31N3O3S/c1-2-28(26,27)24-14-12-19-18(16-24)9-6-10-20(19)23-15-21(25)22-13-11-17-7-4-3-5-8-17/h6-7,9-10,23H,2-5,8,11-16H2,1H3,(H,22,25). The first-order valence-electron chi connectivity index (χ1n) is 10.3. The summed E-state index contributed by atoms with van der Waals surface area (Å²) in [6, 6.07) is 5.84. The van der Waals surface area contributed by atoms with E-state index in [4.69, 9.17) is 0 Å². The lowest BCUT2D eigenvalue weighted by molar-refractivity contribution is -0.119. The molecule has 0 saturated carbocycles. The molecule has 1 aromatic rings. The van der Waals surface area contributed by atoms with Crippen LogP contribution in [0.5, 0.6) is 0 Å². The number of carbonyl (C=O) groups is 1. The summed E-state index contributed by atoms with van der Waals surface area (Å²) in [5, 5.41) is 6.22. The molecule has 0 spiro atoms. The monoisotopic (exact) mass is 405 g/mol. The van der Waals surface area contributed by atoms with Gasteiger partial charge in [-0.25, -0.2) is 8.42 Å². The number of nitrogens with zero attached hydrogens (tertiary/aromatic N) is 1. The molecule has 1 aliphatic carbocycles. The summed E-state index contributed by atoms with van der Waals surface area (Å²) in [5.41, 5.74) is 4.52. The lowest BCUT2D eigenvalue weighted by Gasteiger charge is -2.29. The summed E-state index contributed by atoms with van der Waals surface area (Å²) in [6.45, 7) is 3.48. The highest BCUT2D eigenvalue weighted by Gasteiger charge is 2.26. The second kappa shape index (κ2) is 9.56. The molecule has 6 nitrogen and oxygen atoms in total. The normalized spacial score (nSPS) is 17.5. The Labute approximate surface area is 168 Å². The van der Waals surface area contributed by atoms with Crippen LogP contribution in [0.15, 0.2) is 29.8 Å². The average Bonchev–Trinajstić information content (AvgIpc) is 2.72. The molecule has 0 radical (unpaired) electrons. The van der Waals surface area contributed by atoms with Crippen molar-refractivity contribution in [3.8, 4) is 0 Å². The van der Waals surface area contributed by atoms with Gasteiger partial charge in [0.05, 0.1) is 12.3 Å². The maximum atomic E-state index is 12.2. The molecule has 28 heavy (non-hydrogen) atoms. The molecule has 3 rings (SSSR count). The third-order valence-electron chi connectivity index (χ3n) is 5.58. The summed E-state index contributed by atoms with van der Waals surface area (Å²) in [5.74, 6) is 0.108. The Morgan fingerprint density at radius 2 is 2.07 bits per heavy atom. The minimum absolute atomic E-state index is 0.0139. The number of hydrogen-bond donors (Lipinski definition) is 2. The van der Waals surface area contributed by atoms with Gasteiger partial charge >= 0.3 is 0 Å². The Morgan fingerprint density at radius 3 is 2.82 bits per heavy atom. The second-order valence-electron chi connectivity index (χ2n) is 7.49. The third-order valence-corrected chi connectivity index (χ3v) is 7.41. The molecule has 0 fully saturated rings. The van der Waals surface area contributed by atoms with E-state index in [0.717, 1.165) is 29.7 Å².